The van der Waals surface area contributed by atoms with Crippen LogP contribution in [-0.2, 0) is 9.59 Å². The summed E-state index contributed by atoms with van der Waals surface area (Å²) in [4.78, 5) is 38.7. The molecule has 0 aromatic heterocycles. The van der Waals surface area contributed by atoms with Crippen molar-refractivity contribution in [1.29, 1.82) is 0 Å². The highest BCUT2D eigenvalue weighted by Crippen LogP contribution is 2.37. The molecule has 1 aliphatic rings. The largest absolute Gasteiger partial charge is 0.487 e. The predicted octanol–water partition coefficient (Wildman–Crippen LogP) is 6.07. The first-order valence-electron chi connectivity index (χ1n) is 9.54. The van der Waals surface area contributed by atoms with Gasteiger partial charge in [0.1, 0.15) is 18.9 Å². The van der Waals surface area contributed by atoms with Crippen molar-refractivity contribution >= 4 is 72.4 Å². The van der Waals surface area contributed by atoms with Gasteiger partial charge in [0.25, 0.3) is 11.1 Å². The van der Waals surface area contributed by atoms with Crippen LogP contribution in [0, 0.1) is 13.8 Å². The number of nitrogens with zero attached hydrogens (tertiary/aromatic N) is 1. The highest BCUT2D eigenvalue weighted by molar-refractivity contribution is 9.11. The summed E-state index contributed by atoms with van der Waals surface area (Å²) in [5, 5.41) is 2.25. The highest BCUT2D eigenvalue weighted by atomic mass is 79.9. The van der Waals surface area contributed by atoms with E-state index in [2.05, 4.69) is 43.8 Å². The SMILES string of the molecule is C=CCOc1c(Br)cc(/C=C2\SC(=O)N(CC(=O)Nc3ccc(C)c(C)c3)C2=O)cc1Br. The van der Waals surface area contributed by atoms with Crippen molar-refractivity contribution < 1.29 is 19.1 Å². The van der Waals surface area contributed by atoms with E-state index in [1.807, 2.05) is 26.0 Å². The number of carbonyl (C=O) groups is 3. The molecule has 2 aromatic rings. The van der Waals surface area contributed by atoms with Gasteiger partial charge in [0.2, 0.25) is 5.91 Å². The van der Waals surface area contributed by atoms with Crippen LogP contribution in [0.3, 0.4) is 0 Å². The quantitative estimate of drug-likeness (QED) is 0.318. The molecule has 2 aromatic carbocycles. The molecule has 9 heteroatoms. The molecule has 0 aliphatic carbocycles. The van der Waals surface area contributed by atoms with Gasteiger partial charge in [0, 0.05) is 5.69 Å². The number of rotatable bonds is 7. The van der Waals surface area contributed by atoms with Gasteiger partial charge in [-0.3, -0.25) is 19.3 Å². The van der Waals surface area contributed by atoms with Crippen LogP contribution in [0.15, 0.2) is 56.8 Å². The molecule has 0 saturated carbocycles. The molecule has 0 atom stereocenters. The van der Waals surface area contributed by atoms with E-state index >= 15 is 0 Å². The minimum absolute atomic E-state index is 0.243. The van der Waals surface area contributed by atoms with Gasteiger partial charge >= 0.3 is 0 Å². The molecule has 0 radical (unpaired) electrons. The molecular weight excluding hydrogens is 560 g/mol. The van der Waals surface area contributed by atoms with Crippen LogP contribution in [0.1, 0.15) is 16.7 Å². The summed E-state index contributed by atoms with van der Waals surface area (Å²) in [6.07, 6.45) is 3.25. The first-order chi connectivity index (χ1) is 15.2. The number of amides is 3. The number of ether oxygens (including phenoxy) is 1. The Labute approximate surface area is 207 Å². The summed E-state index contributed by atoms with van der Waals surface area (Å²) < 4.78 is 6.97. The van der Waals surface area contributed by atoms with Gasteiger partial charge in [0.05, 0.1) is 13.9 Å². The third-order valence-corrected chi connectivity index (χ3v) is 6.72. The van der Waals surface area contributed by atoms with Gasteiger partial charge in [-0.05, 0) is 105 Å². The van der Waals surface area contributed by atoms with Crippen LogP contribution in [-0.4, -0.2) is 35.1 Å². The maximum Gasteiger partial charge on any atom is 0.294 e. The molecule has 1 aliphatic heterocycles. The normalized spacial score (nSPS) is 14.8. The van der Waals surface area contributed by atoms with E-state index < -0.39 is 17.1 Å². The molecule has 1 fully saturated rings. The average molecular weight is 580 g/mol. The van der Waals surface area contributed by atoms with Gasteiger partial charge in [-0.2, -0.15) is 0 Å². The molecule has 0 bridgehead atoms. The lowest BCUT2D eigenvalue weighted by molar-refractivity contribution is -0.127. The zero-order valence-electron chi connectivity index (χ0n) is 17.4. The molecule has 1 saturated heterocycles. The highest BCUT2D eigenvalue weighted by Gasteiger charge is 2.36. The zero-order chi connectivity index (χ0) is 23.4. The van der Waals surface area contributed by atoms with Crippen LogP contribution < -0.4 is 10.1 Å². The summed E-state index contributed by atoms with van der Waals surface area (Å²) in [5.74, 6) is -0.335. The molecule has 0 unspecified atom stereocenters. The zero-order valence-corrected chi connectivity index (χ0v) is 21.4. The maximum atomic E-state index is 12.8. The smallest absolute Gasteiger partial charge is 0.294 e. The number of carbonyl (C=O) groups excluding carboxylic acids is 3. The van der Waals surface area contributed by atoms with Crippen molar-refractivity contribution in [3.8, 4) is 5.75 Å². The maximum absolute atomic E-state index is 12.8. The first kappa shape index (κ1) is 24.3. The number of nitrogens with one attached hydrogen (secondary N) is 1. The second-order valence-corrected chi connectivity index (χ2v) is 9.73. The molecule has 1 heterocycles. The minimum Gasteiger partial charge on any atom is -0.487 e. The Morgan fingerprint density at radius 1 is 1.16 bits per heavy atom. The van der Waals surface area contributed by atoms with Gasteiger partial charge in [-0.25, -0.2) is 0 Å². The number of benzene rings is 2. The fourth-order valence-electron chi connectivity index (χ4n) is 2.89. The van der Waals surface area contributed by atoms with Crippen LogP contribution in [0.5, 0.6) is 5.75 Å². The summed E-state index contributed by atoms with van der Waals surface area (Å²) in [6.45, 7) is 7.54. The summed E-state index contributed by atoms with van der Waals surface area (Å²) in [6, 6.07) is 9.09. The van der Waals surface area contributed by atoms with Gasteiger partial charge in [-0.15, -0.1) is 0 Å². The summed E-state index contributed by atoms with van der Waals surface area (Å²) >= 11 is 7.70. The number of anilines is 1. The van der Waals surface area contributed by atoms with Crippen molar-refractivity contribution in [3.05, 3.63) is 73.5 Å². The standard InChI is InChI=1S/C23H20Br2N2O4S/c1-4-7-31-21-17(24)9-15(10-18(21)25)11-19-22(29)27(23(30)32-19)12-20(28)26-16-6-5-13(2)14(3)8-16/h4-6,8-11H,1,7,12H2,2-3H3,(H,26,28)/b19-11-. The second-order valence-electron chi connectivity index (χ2n) is 7.03. The van der Waals surface area contributed by atoms with E-state index in [1.54, 1.807) is 30.4 Å². The molecule has 0 spiro atoms. The molecule has 1 N–H and O–H groups in total. The molecule has 3 rings (SSSR count). The number of imide groups is 1. The van der Waals surface area contributed by atoms with Crippen molar-refractivity contribution in [3.63, 3.8) is 0 Å². The van der Waals surface area contributed by atoms with E-state index in [1.165, 1.54) is 0 Å². The minimum atomic E-state index is -0.505. The fourth-order valence-corrected chi connectivity index (χ4v) is 5.18. The lowest BCUT2D eigenvalue weighted by Gasteiger charge is -2.13. The number of aryl methyl sites for hydroxylation is 2. The molecule has 166 valence electrons. The van der Waals surface area contributed by atoms with Crippen LogP contribution in [0.25, 0.3) is 6.08 Å². The Morgan fingerprint density at radius 2 is 1.84 bits per heavy atom. The van der Waals surface area contributed by atoms with Gasteiger partial charge in [-0.1, -0.05) is 18.7 Å². The number of halogens is 2. The van der Waals surface area contributed by atoms with E-state index in [-0.39, 0.29) is 11.4 Å². The number of thioether (sulfide) groups is 1. The molecular formula is C23H20Br2N2O4S. The molecule has 6 nitrogen and oxygen atoms in total. The predicted molar refractivity (Wildman–Crippen MR) is 135 cm³/mol. The van der Waals surface area contributed by atoms with Gasteiger partial charge in [0.15, 0.2) is 0 Å². The third-order valence-electron chi connectivity index (χ3n) is 4.63. The van der Waals surface area contributed by atoms with Crippen molar-refractivity contribution in [2.24, 2.45) is 0 Å². The van der Waals surface area contributed by atoms with Crippen molar-refractivity contribution in [1.82, 2.24) is 4.90 Å². The topological polar surface area (TPSA) is 75.7 Å². The molecule has 32 heavy (non-hydrogen) atoms. The van der Waals surface area contributed by atoms with Gasteiger partial charge < -0.3 is 10.1 Å². The third kappa shape index (κ3) is 5.70. The van der Waals surface area contributed by atoms with Crippen molar-refractivity contribution in [2.45, 2.75) is 13.8 Å². The fraction of sp³-hybridized carbons (Fsp3) is 0.174. The lowest BCUT2D eigenvalue weighted by Crippen LogP contribution is -2.36. The lowest BCUT2D eigenvalue weighted by atomic mass is 10.1. The van der Waals surface area contributed by atoms with Crippen molar-refractivity contribution in [2.75, 3.05) is 18.5 Å². The number of hydrogen-bond donors (Lipinski definition) is 1. The second kappa shape index (κ2) is 10.5. The van der Waals surface area contributed by atoms with E-state index in [0.29, 0.717) is 32.6 Å². The molecule has 3 amide bonds. The van der Waals surface area contributed by atoms with Crippen LogP contribution in [0.2, 0.25) is 0 Å². The average Bonchev–Trinajstić information content (AvgIpc) is 2.97. The van der Waals surface area contributed by atoms with Crippen LogP contribution >= 0.6 is 43.6 Å². The van der Waals surface area contributed by atoms with E-state index in [0.717, 1.165) is 27.8 Å². The monoisotopic (exact) mass is 578 g/mol. The Bertz CT molecular complexity index is 1120. The Morgan fingerprint density at radius 3 is 2.47 bits per heavy atom. The van der Waals surface area contributed by atoms with E-state index in [9.17, 15) is 14.4 Å². The Kier molecular flexibility index (Phi) is 7.97. The Hall–Kier alpha value is -2.36. The summed E-state index contributed by atoms with van der Waals surface area (Å²) in [7, 11) is 0. The number of hydrogen-bond acceptors (Lipinski definition) is 5. The Balaban J connectivity index is 1.72. The van der Waals surface area contributed by atoms with Crippen LogP contribution in [0.4, 0.5) is 10.5 Å². The van der Waals surface area contributed by atoms with E-state index in [4.69, 9.17) is 4.74 Å². The summed E-state index contributed by atoms with van der Waals surface area (Å²) in [5.41, 5.74) is 3.46. The first-order valence-corrected chi connectivity index (χ1v) is 11.9.